The second-order valence-electron chi connectivity index (χ2n) is 5.69. The Balaban J connectivity index is 1.64. The number of fused-ring (bicyclic) bond motifs is 1. The Bertz CT molecular complexity index is 821. The summed E-state index contributed by atoms with van der Waals surface area (Å²) < 4.78 is 16.3. The van der Waals surface area contributed by atoms with E-state index in [-0.39, 0.29) is 18.4 Å². The van der Waals surface area contributed by atoms with Gasteiger partial charge in [0.25, 0.3) is 5.91 Å². The van der Waals surface area contributed by atoms with E-state index >= 15 is 0 Å². The zero-order valence-corrected chi connectivity index (χ0v) is 14.7. The van der Waals surface area contributed by atoms with Gasteiger partial charge in [-0.15, -0.1) is 0 Å². The third-order valence-electron chi connectivity index (χ3n) is 3.91. The number of ether oxygens (including phenoxy) is 3. The zero-order valence-electron chi connectivity index (χ0n) is 14.7. The Hall–Kier alpha value is -3.22. The fourth-order valence-electron chi connectivity index (χ4n) is 2.70. The highest BCUT2D eigenvalue weighted by molar-refractivity contribution is 5.96. The molecule has 0 unspecified atom stereocenters. The van der Waals surface area contributed by atoms with Gasteiger partial charge in [0.2, 0.25) is 5.91 Å². The van der Waals surface area contributed by atoms with Crippen LogP contribution in [-0.4, -0.2) is 38.7 Å². The van der Waals surface area contributed by atoms with Crippen molar-refractivity contribution >= 4 is 23.2 Å². The van der Waals surface area contributed by atoms with E-state index in [0.29, 0.717) is 41.8 Å². The Labute approximate surface area is 151 Å². The summed E-state index contributed by atoms with van der Waals surface area (Å²) in [6.45, 7) is 2.29. The molecule has 0 saturated carbocycles. The van der Waals surface area contributed by atoms with Crippen LogP contribution in [0.25, 0.3) is 0 Å². The van der Waals surface area contributed by atoms with Crippen molar-refractivity contribution in [3.05, 3.63) is 42.5 Å². The molecule has 1 aliphatic rings. The maximum atomic E-state index is 12.1. The highest BCUT2D eigenvalue weighted by Gasteiger charge is 2.21. The molecule has 2 amide bonds. The van der Waals surface area contributed by atoms with Gasteiger partial charge in [-0.05, 0) is 24.3 Å². The molecular formula is C19H20N2O5. The lowest BCUT2D eigenvalue weighted by molar-refractivity contribution is -0.118. The number of carbonyl (C=O) groups is 2. The van der Waals surface area contributed by atoms with E-state index < -0.39 is 0 Å². The molecule has 0 atom stereocenters. The molecule has 1 N–H and O–H groups in total. The van der Waals surface area contributed by atoms with Crippen LogP contribution in [-0.2, 0) is 9.59 Å². The number of hydrogen-bond donors (Lipinski definition) is 1. The largest absolute Gasteiger partial charge is 0.493 e. The molecule has 136 valence electrons. The van der Waals surface area contributed by atoms with Crippen LogP contribution in [0.3, 0.4) is 0 Å². The number of methoxy groups -OCH3 is 1. The number of nitrogens with one attached hydrogen (secondary N) is 1. The molecule has 3 rings (SSSR count). The van der Waals surface area contributed by atoms with Gasteiger partial charge >= 0.3 is 0 Å². The van der Waals surface area contributed by atoms with Crippen LogP contribution in [0.2, 0.25) is 0 Å². The molecule has 0 spiro atoms. The number of anilines is 2. The van der Waals surface area contributed by atoms with E-state index in [1.54, 1.807) is 48.4 Å². The van der Waals surface area contributed by atoms with Gasteiger partial charge in [-0.2, -0.15) is 0 Å². The van der Waals surface area contributed by atoms with Gasteiger partial charge in [-0.3, -0.25) is 9.59 Å². The van der Waals surface area contributed by atoms with Crippen LogP contribution >= 0.6 is 0 Å². The van der Waals surface area contributed by atoms with Crippen LogP contribution in [0.1, 0.15) is 6.92 Å². The van der Waals surface area contributed by atoms with Gasteiger partial charge in [-0.1, -0.05) is 12.1 Å². The summed E-state index contributed by atoms with van der Waals surface area (Å²) >= 11 is 0. The van der Waals surface area contributed by atoms with E-state index in [9.17, 15) is 9.59 Å². The first kappa shape index (κ1) is 17.6. The van der Waals surface area contributed by atoms with Crippen LogP contribution in [0, 0.1) is 0 Å². The molecule has 2 aromatic carbocycles. The maximum absolute atomic E-state index is 12.1. The minimum Gasteiger partial charge on any atom is -0.493 e. The smallest absolute Gasteiger partial charge is 0.262 e. The summed E-state index contributed by atoms with van der Waals surface area (Å²) in [5, 5.41) is 2.76. The third kappa shape index (κ3) is 3.88. The van der Waals surface area contributed by atoms with Crippen molar-refractivity contribution in [2.45, 2.75) is 6.92 Å². The van der Waals surface area contributed by atoms with E-state index in [1.807, 2.05) is 6.07 Å². The Morgan fingerprint density at radius 1 is 1.19 bits per heavy atom. The molecule has 0 bridgehead atoms. The Kier molecular flexibility index (Phi) is 5.26. The molecular weight excluding hydrogens is 336 g/mol. The summed E-state index contributed by atoms with van der Waals surface area (Å²) in [4.78, 5) is 25.5. The molecule has 1 heterocycles. The van der Waals surface area contributed by atoms with Gasteiger partial charge in [0.15, 0.2) is 18.1 Å². The van der Waals surface area contributed by atoms with Gasteiger partial charge in [0, 0.05) is 18.7 Å². The lowest BCUT2D eigenvalue weighted by Gasteiger charge is -2.29. The molecule has 2 aromatic rings. The van der Waals surface area contributed by atoms with Crippen molar-refractivity contribution in [2.75, 3.05) is 37.1 Å². The predicted octanol–water partition coefficient (Wildman–Crippen LogP) is 2.46. The second kappa shape index (κ2) is 7.77. The first-order valence-corrected chi connectivity index (χ1v) is 8.19. The number of nitrogens with zero attached hydrogens (tertiary/aromatic N) is 1. The number of carbonyl (C=O) groups excluding carboxylic acids is 2. The molecule has 0 saturated heterocycles. The average molecular weight is 356 g/mol. The first-order valence-electron chi connectivity index (χ1n) is 8.19. The quantitative estimate of drug-likeness (QED) is 0.890. The molecule has 0 aromatic heterocycles. The van der Waals surface area contributed by atoms with Crippen molar-refractivity contribution < 1.29 is 23.8 Å². The van der Waals surface area contributed by atoms with Crippen LogP contribution in [0.5, 0.6) is 17.2 Å². The van der Waals surface area contributed by atoms with Crippen LogP contribution < -0.4 is 24.4 Å². The zero-order chi connectivity index (χ0) is 18.5. The molecule has 0 radical (unpaired) electrons. The minimum atomic E-state index is -0.310. The third-order valence-corrected chi connectivity index (χ3v) is 3.91. The van der Waals surface area contributed by atoms with Gasteiger partial charge in [0.05, 0.1) is 19.3 Å². The van der Waals surface area contributed by atoms with Crippen molar-refractivity contribution in [1.82, 2.24) is 0 Å². The number of amides is 2. The topological polar surface area (TPSA) is 77.1 Å². The summed E-state index contributed by atoms with van der Waals surface area (Å²) in [6, 6.07) is 12.3. The van der Waals surface area contributed by atoms with Gasteiger partial charge in [-0.25, -0.2) is 0 Å². The molecule has 1 aliphatic heterocycles. The van der Waals surface area contributed by atoms with Crippen LogP contribution in [0.15, 0.2) is 42.5 Å². The summed E-state index contributed by atoms with van der Waals surface area (Å²) in [5.74, 6) is 1.27. The van der Waals surface area contributed by atoms with Gasteiger partial charge < -0.3 is 24.4 Å². The number of benzene rings is 2. The number of para-hydroxylation sites is 2. The number of rotatable bonds is 5. The SMILES string of the molecule is COc1ccccc1OCC(=O)Nc1ccc2c(c1)OCCN2C(C)=O. The summed E-state index contributed by atoms with van der Waals surface area (Å²) in [6.07, 6.45) is 0. The highest BCUT2D eigenvalue weighted by atomic mass is 16.5. The molecule has 26 heavy (non-hydrogen) atoms. The Morgan fingerprint density at radius 2 is 1.96 bits per heavy atom. The highest BCUT2D eigenvalue weighted by Crippen LogP contribution is 2.34. The normalized spacial score (nSPS) is 12.6. The minimum absolute atomic E-state index is 0.0449. The van der Waals surface area contributed by atoms with E-state index in [1.165, 1.54) is 6.92 Å². The lowest BCUT2D eigenvalue weighted by atomic mass is 10.2. The summed E-state index contributed by atoms with van der Waals surface area (Å²) in [7, 11) is 1.54. The lowest BCUT2D eigenvalue weighted by Crippen LogP contribution is -2.36. The molecule has 7 nitrogen and oxygen atoms in total. The maximum Gasteiger partial charge on any atom is 0.262 e. The van der Waals surface area contributed by atoms with Crippen molar-refractivity contribution in [3.63, 3.8) is 0 Å². The van der Waals surface area contributed by atoms with E-state index in [0.717, 1.165) is 0 Å². The first-order chi connectivity index (χ1) is 12.6. The van der Waals surface area contributed by atoms with Crippen molar-refractivity contribution in [3.8, 4) is 17.2 Å². The fourth-order valence-corrected chi connectivity index (χ4v) is 2.70. The summed E-state index contributed by atoms with van der Waals surface area (Å²) in [5.41, 5.74) is 1.27. The standard InChI is InChI=1S/C19H20N2O5/c1-13(22)21-9-10-25-18-11-14(7-8-15(18)21)20-19(23)12-26-17-6-4-3-5-16(17)24-2/h3-8,11H,9-10,12H2,1-2H3,(H,20,23). The predicted molar refractivity (Wildman–Crippen MR) is 97.1 cm³/mol. The van der Waals surface area contributed by atoms with Crippen molar-refractivity contribution in [1.29, 1.82) is 0 Å². The van der Waals surface area contributed by atoms with Crippen molar-refractivity contribution in [2.24, 2.45) is 0 Å². The molecule has 0 fully saturated rings. The average Bonchev–Trinajstić information content (AvgIpc) is 2.65. The Morgan fingerprint density at radius 3 is 2.69 bits per heavy atom. The second-order valence-corrected chi connectivity index (χ2v) is 5.69. The fraction of sp³-hybridized carbons (Fsp3) is 0.263. The molecule has 7 heteroatoms. The van der Waals surface area contributed by atoms with E-state index in [4.69, 9.17) is 14.2 Å². The van der Waals surface area contributed by atoms with E-state index in [2.05, 4.69) is 5.32 Å². The molecule has 0 aliphatic carbocycles. The number of hydrogen-bond acceptors (Lipinski definition) is 5. The van der Waals surface area contributed by atoms with Crippen LogP contribution in [0.4, 0.5) is 11.4 Å². The monoisotopic (exact) mass is 356 g/mol. The van der Waals surface area contributed by atoms with Gasteiger partial charge in [0.1, 0.15) is 12.4 Å².